The van der Waals surface area contributed by atoms with E-state index in [0.717, 1.165) is 37.4 Å². The number of aryl methyl sites for hydroxylation is 1. The van der Waals surface area contributed by atoms with Gasteiger partial charge in [-0.1, -0.05) is 13.0 Å². The molecule has 4 nitrogen and oxygen atoms in total. The van der Waals surface area contributed by atoms with E-state index in [1.165, 1.54) is 7.11 Å². The van der Waals surface area contributed by atoms with Crippen molar-refractivity contribution in [2.75, 3.05) is 20.2 Å². The molecular weight excluding hydrogens is 228 g/mol. The van der Waals surface area contributed by atoms with Crippen molar-refractivity contribution in [3.63, 3.8) is 0 Å². The highest BCUT2D eigenvalue weighted by Crippen LogP contribution is 2.05. The predicted molar refractivity (Wildman–Crippen MR) is 71.2 cm³/mol. The van der Waals surface area contributed by atoms with Gasteiger partial charge in [0.05, 0.1) is 12.8 Å². The number of carbonyl (C=O) groups is 1. The zero-order valence-electron chi connectivity index (χ0n) is 11.5. The normalized spacial score (nSPS) is 10.7. The van der Waals surface area contributed by atoms with E-state index >= 15 is 0 Å². The molecule has 0 aromatic carbocycles. The summed E-state index contributed by atoms with van der Waals surface area (Å²) in [6.07, 6.45) is 1.31. The second kappa shape index (κ2) is 7.82. The Kier molecular flexibility index (Phi) is 6.36. The fraction of sp³-hybridized carbons (Fsp3) is 0.571. The van der Waals surface area contributed by atoms with Gasteiger partial charge in [-0.3, -0.25) is 14.7 Å². The van der Waals surface area contributed by atoms with Gasteiger partial charge in [-0.15, -0.1) is 0 Å². The van der Waals surface area contributed by atoms with Gasteiger partial charge in [0.15, 0.2) is 0 Å². The first-order valence-corrected chi connectivity index (χ1v) is 6.37. The lowest BCUT2D eigenvalue weighted by molar-refractivity contribution is -0.140. The van der Waals surface area contributed by atoms with Crippen LogP contribution in [0.3, 0.4) is 0 Å². The van der Waals surface area contributed by atoms with Gasteiger partial charge in [-0.2, -0.15) is 0 Å². The lowest BCUT2D eigenvalue weighted by Crippen LogP contribution is -2.25. The largest absolute Gasteiger partial charge is 0.469 e. The van der Waals surface area contributed by atoms with E-state index in [0.29, 0.717) is 6.42 Å². The van der Waals surface area contributed by atoms with Crippen LogP contribution in [-0.4, -0.2) is 36.1 Å². The molecule has 1 heterocycles. The minimum Gasteiger partial charge on any atom is -0.469 e. The van der Waals surface area contributed by atoms with Crippen molar-refractivity contribution in [1.29, 1.82) is 0 Å². The summed E-state index contributed by atoms with van der Waals surface area (Å²) in [6, 6.07) is 6.06. The number of esters is 1. The first-order chi connectivity index (χ1) is 8.65. The highest BCUT2D eigenvalue weighted by Gasteiger charge is 2.06. The van der Waals surface area contributed by atoms with Crippen LogP contribution in [0.4, 0.5) is 0 Å². The Labute approximate surface area is 109 Å². The SMILES string of the molecule is CCN(CCCC(=O)OC)Cc1cccc(C)n1. The standard InChI is InChI=1S/C14H22N2O2/c1-4-16(10-6-9-14(17)18-3)11-13-8-5-7-12(2)15-13/h5,7-8H,4,6,9-11H2,1-3H3. The summed E-state index contributed by atoms with van der Waals surface area (Å²) in [7, 11) is 1.43. The summed E-state index contributed by atoms with van der Waals surface area (Å²) < 4.78 is 4.63. The van der Waals surface area contributed by atoms with Gasteiger partial charge in [-0.05, 0) is 38.6 Å². The summed E-state index contributed by atoms with van der Waals surface area (Å²) in [5.41, 5.74) is 2.12. The monoisotopic (exact) mass is 250 g/mol. The molecule has 1 rings (SSSR count). The van der Waals surface area contributed by atoms with Crippen molar-refractivity contribution in [3.05, 3.63) is 29.6 Å². The molecule has 0 unspecified atom stereocenters. The molecule has 1 aromatic heterocycles. The van der Waals surface area contributed by atoms with Crippen LogP contribution in [0.5, 0.6) is 0 Å². The molecule has 0 saturated heterocycles. The molecule has 0 amide bonds. The Morgan fingerprint density at radius 1 is 1.44 bits per heavy atom. The summed E-state index contributed by atoms with van der Waals surface area (Å²) >= 11 is 0. The number of carbonyl (C=O) groups excluding carboxylic acids is 1. The molecule has 0 aliphatic carbocycles. The highest BCUT2D eigenvalue weighted by atomic mass is 16.5. The Bertz CT molecular complexity index is 380. The van der Waals surface area contributed by atoms with Gasteiger partial charge >= 0.3 is 5.97 Å². The summed E-state index contributed by atoms with van der Waals surface area (Å²) in [5.74, 6) is -0.139. The molecular formula is C14H22N2O2. The molecule has 18 heavy (non-hydrogen) atoms. The second-order valence-electron chi connectivity index (χ2n) is 4.32. The van der Waals surface area contributed by atoms with Crippen molar-refractivity contribution in [2.45, 2.75) is 33.2 Å². The molecule has 0 saturated carbocycles. The van der Waals surface area contributed by atoms with E-state index in [2.05, 4.69) is 21.5 Å². The summed E-state index contributed by atoms with van der Waals surface area (Å²) in [4.78, 5) is 17.8. The number of rotatable bonds is 7. The minimum absolute atomic E-state index is 0.139. The highest BCUT2D eigenvalue weighted by molar-refractivity contribution is 5.69. The Hall–Kier alpha value is -1.42. The lowest BCUT2D eigenvalue weighted by Gasteiger charge is -2.19. The van der Waals surface area contributed by atoms with Crippen molar-refractivity contribution in [2.24, 2.45) is 0 Å². The quantitative estimate of drug-likeness (QED) is 0.696. The Morgan fingerprint density at radius 3 is 2.83 bits per heavy atom. The van der Waals surface area contributed by atoms with Gasteiger partial charge in [0.1, 0.15) is 0 Å². The smallest absolute Gasteiger partial charge is 0.305 e. The zero-order chi connectivity index (χ0) is 13.4. The van der Waals surface area contributed by atoms with E-state index < -0.39 is 0 Å². The van der Waals surface area contributed by atoms with E-state index in [4.69, 9.17) is 0 Å². The third-order valence-electron chi connectivity index (χ3n) is 2.86. The van der Waals surface area contributed by atoms with Gasteiger partial charge in [0, 0.05) is 18.7 Å². The maximum atomic E-state index is 11.0. The van der Waals surface area contributed by atoms with E-state index in [1.54, 1.807) is 0 Å². The van der Waals surface area contributed by atoms with Crippen LogP contribution in [0.15, 0.2) is 18.2 Å². The van der Waals surface area contributed by atoms with Crippen molar-refractivity contribution in [1.82, 2.24) is 9.88 Å². The number of methoxy groups -OCH3 is 1. The Balaban J connectivity index is 2.40. The van der Waals surface area contributed by atoms with Crippen molar-refractivity contribution in [3.8, 4) is 0 Å². The molecule has 0 aliphatic heterocycles. The van der Waals surface area contributed by atoms with E-state index in [9.17, 15) is 4.79 Å². The van der Waals surface area contributed by atoms with Gasteiger partial charge < -0.3 is 4.74 Å². The van der Waals surface area contributed by atoms with Crippen LogP contribution in [0.1, 0.15) is 31.2 Å². The topological polar surface area (TPSA) is 42.4 Å². The maximum absolute atomic E-state index is 11.0. The van der Waals surface area contributed by atoms with E-state index in [1.807, 2.05) is 25.1 Å². The first kappa shape index (κ1) is 14.6. The molecule has 0 spiro atoms. The second-order valence-corrected chi connectivity index (χ2v) is 4.32. The van der Waals surface area contributed by atoms with E-state index in [-0.39, 0.29) is 5.97 Å². The zero-order valence-corrected chi connectivity index (χ0v) is 11.5. The number of hydrogen-bond donors (Lipinski definition) is 0. The molecule has 0 aliphatic rings. The number of aromatic nitrogens is 1. The van der Waals surface area contributed by atoms with Gasteiger partial charge in [0.2, 0.25) is 0 Å². The first-order valence-electron chi connectivity index (χ1n) is 6.37. The number of nitrogens with zero attached hydrogens (tertiary/aromatic N) is 2. The van der Waals surface area contributed by atoms with Crippen molar-refractivity contribution < 1.29 is 9.53 Å². The number of ether oxygens (including phenoxy) is 1. The molecule has 4 heteroatoms. The van der Waals surface area contributed by atoms with Crippen LogP contribution >= 0.6 is 0 Å². The van der Waals surface area contributed by atoms with Crippen LogP contribution < -0.4 is 0 Å². The average Bonchev–Trinajstić information content (AvgIpc) is 2.37. The number of hydrogen-bond acceptors (Lipinski definition) is 4. The molecule has 0 radical (unpaired) electrons. The molecule has 0 bridgehead atoms. The predicted octanol–water partition coefficient (Wildman–Crippen LogP) is 2.17. The van der Waals surface area contributed by atoms with Crippen molar-refractivity contribution >= 4 is 5.97 Å². The summed E-state index contributed by atoms with van der Waals surface area (Å²) in [5, 5.41) is 0. The molecule has 0 N–H and O–H groups in total. The minimum atomic E-state index is -0.139. The molecule has 0 fully saturated rings. The van der Waals surface area contributed by atoms with Gasteiger partial charge in [-0.25, -0.2) is 0 Å². The average molecular weight is 250 g/mol. The van der Waals surface area contributed by atoms with Crippen LogP contribution in [0, 0.1) is 6.92 Å². The third kappa shape index (κ3) is 5.27. The fourth-order valence-electron chi connectivity index (χ4n) is 1.81. The molecule has 100 valence electrons. The Morgan fingerprint density at radius 2 is 2.22 bits per heavy atom. The van der Waals surface area contributed by atoms with Crippen LogP contribution in [0.25, 0.3) is 0 Å². The van der Waals surface area contributed by atoms with Crippen LogP contribution in [0.2, 0.25) is 0 Å². The fourth-order valence-corrected chi connectivity index (χ4v) is 1.81. The molecule has 1 aromatic rings. The lowest BCUT2D eigenvalue weighted by atomic mass is 10.2. The number of pyridine rings is 1. The van der Waals surface area contributed by atoms with Crippen LogP contribution in [-0.2, 0) is 16.1 Å². The molecule has 0 atom stereocenters. The maximum Gasteiger partial charge on any atom is 0.305 e. The summed E-state index contributed by atoms with van der Waals surface area (Å²) in [6.45, 7) is 6.79. The van der Waals surface area contributed by atoms with Gasteiger partial charge in [0.25, 0.3) is 0 Å². The third-order valence-corrected chi connectivity index (χ3v) is 2.86.